The van der Waals surface area contributed by atoms with Gasteiger partial charge in [-0.05, 0) is 0 Å². The van der Waals surface area contributed by atoms with Gasteiger partial charge in [0.1, 0.15) is 0 Å². The van der Waals surface area contributed by atoms with E-state index in [-0.39, 0.29) is 24.8 Å². The Hall–Kier alpha value is -3.52. The summed E-state index contributed by atoms with van der Waals surface area (Å²) in [7, 11) is 0. The Labute approximate surface area is 338 Å². The molecule has 0 radical (unpaired) electrons. The zero-order chi connectivity index (χ0) is 36.2. The van der Waals surface area contributed by atoms with Crippen LogP contribution in [0.1, 0.15) is 57.2 Å². The van der Waals surface area contributed by atoms with Crippen LogP contribution in [0.5, 0.6) is 0 Å². The van der Waals surface area contributed by atoms with Crippen molar-refractivity contribution in [3.63, 3.8) is 0 Å². The second-order valence-corrected chi connectivity index (χ2v) is 47.3. The Morgan fingerprint density at radius 2 is 0.667 bits per heavy atom. The molecular weight excluding hydrogens is 791 g/mol. The number of benzene rings is 6. The molecule has 0 fully saturated rings. The summed E-state index contributed by atoms with van der Waals surface area (Å²) >= 11 is -4.10. The molecule has 0 saturated heterocycles. The molecule has 0 aromatic heterocycles. The standard InChI is InChI=1S/2C24H21.2CH3.2ClH.H2Si.Zr/c2*1-17(2)20-15-23-21(18-9-5-3-6-10-18)13-14-22(24(23)16-20)19-11-7-4-8-12-19;;;;;;/h2*3-17H,1-2H3;2*1H3;2*1H;1H2;. The van der Waals surface area contributed by atoms with Gasteiger partial charge in [-0.2, -0.15) is 0 Å². The summed E-state index contributed by atoms with van der Waals surface area (Å²) in [5.74, 6) is 0.859. The van der Waals surface area contributed by atoms with Gasteiger partial charge in [0.25, 0.3) is 0 Å². The first-order valence-corrected chi connectivity index (χ1v) is 32.8. The van der Waals surface area contributed by atoms with Crippen molar-refractivity contribution >= 4 is 43.8 Å². The second kappa shape index (κ2) is 15.5. The van der Waals surface area contributed by atoms with Crippen LogP contribution in [-0.2, 0) is 17.4 Å². The van der Waals surface area contributed by atoms with E-state index in [0.717, 1.165) is 0 Å². The third-order valence-electron chi connectivity index (χ3n) is 12.0. The van der Waals surface area contributed by atoms with E-state index in [4.69, 9.17) is 0 Å². The Kier molecular flexibility index (Phi) is 11.6. The predicted octanol–water partition coefficient (Wildman–Crippen LogP) is 14.4. The third-order valence-corrected chi connectivity index (χ3v) is 29.2. The minimum atomic E-state index is -4.10. The van der Waals surface area contributed by atoms with Crippen molar-refractivity contribution in [2.75, 3.05) is 0 Å². The first-order chi connectivity index (χ1) is 25.0. The van der Waals surface area contributed by atoms with Gasteiger partial charge in [0.05, 0.1) is 0 Å². The molecule has 0 aliphatic heterocycles. The molecular formula is C50H52Cl2SiZr. The fourth-order valence-electron chi connectivity index (χ4n) is 9.73. The van der Waals surface area contributed by atoms with E-state index in [0.29, 0.717) is 19.1 Å². The van der Waals surface area contributed by atoms with Gasteiger partial charge >= 0.3 is 316 Å². The van der Waals surface area contributed by atoms with Crippen LogP contribution in [0.4, 0.5) is 0 Å². The fourth-order valence-corrected chi connectivity index (χ4v) is 29.4. The SMILES string of the molecule is CC(C)C1=Cc2c(-c3ccccc3)ccc(-c3ccccc3)c2[CH]1[Zr]([CH3])([CH3])(=[SiH2])[CH]1C(C(C)C)=Cc2c(-c3ccccc3)ccc(-c3ccccc3)c21.Cl.Cl. The summed E-state index contributed by atoms with van der Waals surface area (Å²) in [6.07, 6.45) is 5.28. The van der Waals surface area contributed by atoms with Gasteiger partial charge in [-0.1, -0.05) is 0 Å². The van der Waals surface area contributed by atoms with Gasteiger partial charge in [0, 0.05) is 0 Å². The zero-order valence-corrected chi connectivity index (χ0v) is 37.8. The number of halogens is 2. The predicted molar refractivity (Wildman–Crippen MR) is 241 cm³/mol. The maximum absolute atomic E-state index is 4.10. The monoisotopic (exact) mass is 840 g/mol. The Morgan fingerprint density at radius 1 is 0.407 bits per heavy atom. The number of allylic oxidation sites excluding steroid dienone is 2. The number of hydrogen-bond donors (Lipinski definition) is 0. The van der Waals surface area contributed by atoms with Gasteiger partial charge < -0.3 is 0 Å². The van der Waals surface area contributed by atoms with E-state index < -0.39 is 17.4 Å². The molecule has 0 amide bonds. The van der Waals surface area contributed by atoms with E-state index in [1.807, 2.05) is 0 Å². The smallest absolute Gasteiger partial charge is 0.147 e. The van der Waals surface area contributed by atoms with E-state index >= 15 is 0 Å². The minimum Gasteiger partial charge on any atom is -0.147 e. The average Bonchev–Trinajstić information content (AvgIpc) is 3.79. The number of fused-ring (bicyclic) bond motifs is 2. The molecule has 274 valence electrons. The van der Waals surface area contributed by atoms with Gasteiger partial charge in [-0.25, -0.2) is 0 Å². The molecule has 6 aromatic rings. The molecule has 2 aliphatic carbocycles. The summed E-state index contributed by atoms with van der Waals surface area (Å²) < 4.78 is 6.41. The van der Waals surface area contributed by atoms with Crippen LogP contribution in [-0.4, -0.2) is 6.88 Å². The van der Waals surface area contributed by atoms with Gasteiger partial charge in [-0.3, -0.25) is 0 Å². The molecule has 4 heteroatoms. The molecule has 0 N–H and O–H groups in total. The van der Waals surface area contributed by atoms with E-state index in [2.05, 4.69) is 202 Å². The van der Waals surface area contributed by atoms with Crippen LogP contribution in [0.2, 0.25) is 9.26 Å². The van der Waals surface area contributed by atoms with Crippen molar-refractivity contribution in [2.24, 2.45) is 11.8 Å². The molecule has 0 nitrogen and oxygen atoms in total. The molecule has 0 bridgehead atoms. The van der Waals surface area contributed by atoms with Crippen molar-refractivity contribution in [1.82, 2.24) is 0 Å². The summed E-state index contributed by atoms with van der Waals surface area (Å²) in [5.41, 5.74) is 20.0. The molecule has 0 saturated carbocycles. The van der Waals surface area contributed by atoms with Gasteiger partial charge in [0.15, 0.2) is 0 Å². The van der Waals surface area contributed by atoms with E-state index in [9.17, 15) is 0 Å². The maximum Gasteiger partial charge on any atom is -0.147 e. The van der Waals surface area contributed by atoms with Gasteiger partial charge in [0.2, 0.25) is 0 Å². The van der Waals surface area contributed by atoms with Crippen LogP contribution in [0.3, 0.4) is 0 Å². The van der Waals surface area contributed by atoms with E-state index in [1.165, 1.54) is 55.6 Å². The maximum atomic E-state index is 2.82. The first-order valence-electron chi connectivity index (χ1n) is 19.1. The van der Waals surface area contributed by atoms with Crippen molar-refractivity contribution in [3.05, 3.63) is 179 Å². The van der Waals surface area contributed by atoms with Crippen LogP contribution in [0.25, 0.3) is 56.7 Å². The van der Waals surface area contributed by atoms with Crippen molar-refractivity contribution < 1.29 is 17.4 Å². The quantitative estimate of drug-likeness (QED) is 0.134. The molecule has 54 heavy (non-hydrogen) atoms. The third kappa shape index (κ3) is 6.83. The molecule has 8 rings (SSSR count). The minimum absolute atomic E-state index is 0. The van der Waals surface area contributed by atoms with Crippen LogP contribution < -0.4 is 0 Å². The van der Waals surface area contributed by atoms with Crippen LogP contribution in [0, 0.1) is 11.8 Å². The van der Waals surface area contributed by atoms with Crippen molar-refractivity contribution in [3.8, 4) is 44.5 Å². The molecule has 6 aromatic carbocycles. The Bertz CT molecular complexity index is 2260. The van der Waals surface area contributed by atoms with E-state index in [1.54, 1.807) is 22.3 Å². The molecule has 2 aliphatic rings. The second-order valence-electron chi connectivity index (χ2n) is 16.8. The molecule has 0 heterocycles. The molecule has 2 unspecified atom stereocenters. The normalized spacial score (nSPS) is 16.2. The largest absolute Gasteiger partial charge is 0.147 e. The fraction of sp³-hybridized carbons (Fsp3) is 0.200. The Morgan fingerprint density at radius 3 is 0.944 bits per heavy atom. The van der Waals surface area contributed by atoms with Crippen LogP contribution >= 0.6 is 24.8 Å². The summed E-state index contributed by atoms with van der Waals surface area (Å²) in [6, 6.07) is 54.2. The van der Waals surface area contributed by atoms with Crippen LogP contribution in [0.15, 0.2) is 157 Å². The average molecular weight is 843 g/mol. The Balaban J connectivity index is 0.00000249. The number of hydrogen-bond acceptors (Lipinski definition) is 0. The summed E-state index contributed by atoms with van der Waals surface area (Å²) in [5, 5.41) is 0. The number of rotatable bonds is 8. The topological polar surface area (TPSA) is 0 Å². The summed E-state index contributed by atoms with van der Waals surface area (Å²) in [6.45, 7) is 12.2. The van der Waals surface area contributed by atoms with Gasteiger partial charge in [-0.15, -0.1) is 24.8 Å². The van der Waals surface area contributed by atoms with Crippen molar-refractivity contribution in [2.45, 2.75) is 44.2 Å². The first kappa shape index (κ1) is 40.2. The van der Waals surface area contributed by atoms with Crippen molar-refractivity contribution in [1.29, 1.82) is 0 Å². The summed E-state index contributed by atoms with van der Waals surface area (Å²) in [4.78, 5) is 0. The molecule has 0 spiro atoms. The molecule has 2 atom stereocenters. The zero-order valence-electron chi connectivity index (χ0n) is 32.3.